The molecule has 146 valence electrons. The van der Waals surface area contributed by atoms with Crippen molar-refractivity contribution in [2.24, 2.45) is 0 Å². The Kier molecular flexibility index (Phi) is 6.99. The van der Waals surface area contributed by atoms with Crippen molar-refractivity contribution < 1.29 is 30.0 Å². The number of aliphatic carboxylic acids is 1. The van der Waals surface area contributed by atoms with Crippen molar-refractivity contribution in [1.82, 2.24) is 0 Å². The van der Waals surface area contributed by atoms with Gasteiger partial charge in [0, 0.05) is 6.92 Å². The first-order chi connectivity index (χ1) is 12.4. The van der Waals surface area contributed by atoms with E-state index in [0.29, 0.717) is 0 Å². The van der Waals surface area contributed by atoms with Crippen LogP contribution in [0, 0.1) is 6.92 Å². The summed E-state index contributed by atoms with van der Waals surface area (Å²) in [6, 6.07) is 10.2. The van der Waals surface area contributed by atoms with Gasteiger partial charge in [-0.2, -0.15) is 0 Å². The molecule has 0 aliphatic carbocycles. The Bertz CT molecular complexity index is 835. The number of aromatic carboxylic acids is 1. The molecule has 4 N–H and O–H groups in total. The standard InChI is InChI=1S/C19H22O4.C2H4O2/c1-11-9-14(6-8-16(11)20)19(3,4)12(2)13-5-7-17(21)15(10-13)18(22)23;1-2(3)4/h5-10,12,20-21H,1-4H3,(H,22,23);1H3,(H,3,4). The fourth-order valence-corrected chi connectivity index (χ4v) is 2.72. The van der Waals surface area contributed by atoms with Crippen LogP contribution in [0.25, 0.3) is 0 Å². The van der Waals surface area contributed by atoms with E-state index in [1.54, 1.807) is 12.1 Å². The Hall–Kier alpha value is -3.02. The van der Waals surface area contributed by atoms with Gasteiger partial charge in [-0.3, -0.25) is 4.79 Å². The summed E-state index contributed by atoms with van der Waals surface area (Å²) in [5, 5.41) is 36.0. The number of hydrogen-bond donors (Lipinski definition) is 4. The van der Waals surface area contributed by atoms with E-state index in [4.69, 9.17) is 9.90 Å². The quantitative estimate of drug-likeness (QED) is 0.635. The minimum Gasteiger partial charge on any atom is -0.508 e. The van der Waals surface area contributed by atoms with Crippen LogP contribution >= 0.6 is 0 Å². The first-order valence-corrected chi connectivity index (χ1v) is 8.43. The van der Waals surface area contributed by atoms with Crippen LogP contribution in [0.2, 0.25) is 0 Å². The summed E-state index contributed by atoms with van der Waals surface area (Å²) in [6.07, 6.45) is 0. The van der Waals surface area contributed by atoms with E-state index in [0.717, 1.165) is 23.6 Å². The monoisotopic (exact) mass is 374 g/mol. The summed E-state index contributed by atoms with van der Waals surface area (Å²) in [4.78, 5) is 20.2. The van der Waals surface area contributed by atoms with E-state index in [2.05, 4.69) is 13.8 Å². The molecule has 2 rings (SSSR count). The third-order valence-electron chi connectivity index (χ3n) is 4.77. The van der Waals surface area contributed by atoms with Crippen molar-refractivity contribution in [2.75, 3.05) is 0 Å². The number of aromatic hydroxyl groups is 2. The van der Waals surface area contributed by atoms with Gasteiger partial charge >= 0.3 is 5.97 Å². The molecule has 6 nitrogen and oxygen atoms in total. The van der Waals surface area contributed by atoms with Crippen molar-refractivity contribution in [2.45, 2.75) is 46.0 Å². The van der Waals surface area contributed by atoms with Gasteiger partial charge in [-0.15, -0.1) is 0 Å². The molecule has 0 aromatic heterocycles. The maximum Gasteiger partial charge on any atom is 0.339 e. The lowest BCUT2D eigenvalue weighted by atomic mass is 9.71. The van der Waals surface area contributed by atoms with Crippen LogP contribution in [-0.4, -0.2) is 32.4 Å². The zero-order valence-corrected chi connectivity index (χ0v) is 16.1. The topological polar surface area (TPSA) is 115 Å². The first-order valence-electron chi connectivity index (χ1n) is 8.43. The van der Waals surface area contributed by atoms with Crippen molar-refractivity contribution in [3.63, 3.8) is 0 Å². The molecule has 0 amide bonds. The summed E-state index contributed by atoms with van der Waals surface area (Å²) in [7, 11) is 0. The predicted octanol–water partition coefficient (Wildman–Crippen LogP) is 4.28. The van der Waals surface area contributed by atoms with E-state index in [1.807, 2.05) is 26.0 Å². The van der Waals surface area contributed by atoms with Gasteiger partial charge in [0.1, 0.15) is 17.1 Å². The fraction of sp³-hybridized carbons (Fsp3) is 0.333. The number of benzene rings is 2. The summed E-state index contributed by atoms with van der Waals surface area (Å²) in [5.41, 5.74) is 2.35. The van der Waals surface area contributed by atoms with E-state index in [9.17, 15) is 20.1 Å². The second kappa shape index (κ2) is 8.58. The van der Waals surface area contributed by atoms with Gasteiger partial charge in [-0.1, -0.05) is 39.0 Å². The second-order valence-electron chi connectivity index (χ2n) is 7.05. The summed E-state index contributed by atoms with van der Waals surface area (Å²) in [5.74, 6) is -1.93. The van der Waals surface area contributed by atoms with Crippen molar-refractivity contribution in [3.05, 3.63) is 58.7 Å². The molecular weight excluding hydrogens is 348 g/mol. The van der Waals surface area contributed by atoms with Crippen LogP contribution in [0.5, 0.6) is 11.5 Å². The molecule has 1 unspecified atom stereocenters. The highest BCUT2D eigenvalue weighted by molar-refractivity contribution is 5.91. The average molecular weight is 374 g/mol. The third-order valence-corrected chi connectivity index (χ3v) is 4.77. The van der Waals surface area contributed by atoms with Crippen LogP contribution in [0.4, 0.5) is 0 Å². The molecule has 27 heavy (non-hydrogen) atoms. The van der Waals surface area contributed by atoms with Crippen LogP contribution in [0.1, 0.15) is 60.7 Å². The molecule has 6 heteroatoms. The number of phenols is 2. The second-order valence-corrected chi connectivity index (χ2v) is 7.05. The number of hydrogen-bond acceptors (Lipinski definition) is 4. The van der Waals surface area contributed by atoms with Gasteiger partial charge < -0.3 is 20.4 Å². The molecular formula is C21H26O6. The molecule has 0 fully saturated rings. The fourth-order valence-electron chi connectivity index (χ4n) is 2.72. The molecule has 0 bridgehead atoms. The van der Waals surface area contributed by atoms with E-state index >= 15 is 0 Å². The van der Waals surface area contributed by atoms with Crippen molar-refractivity contribution >= 4 is 11.9 Å². The molecule has 2 aromatic rings. The van der Waals surface area contributed by atoms with Crippen LogP contribution in [0.3, 0.4) is 0 Å². The lowest BCUT2D eigenvalue weighted by Gasteiger charge is -2.33. The lowest BCUT2D eigenvalue weighted by molar-refractivity contribution is -0.134. The predicted molar refractivity (Wildman–Crippen MR) is 103 cm³/mol. The average Bonchev–Trinajstić information content (AvgIpc) is 2.56. The van der Waals surface area contributed by atoms with E-state index < -0.39 is 11.9 Å². The van der Waals surface area contributed by atoms with Crippen LogP contribution in [0.15, 0.2) is 36.4 Å². The van der Waals surface area contributed by atoms with Gasteiger partial charge in [-0.05, 0) is 53.1 Å². The molecule has 0 saturated carbocycles. The smallest absolute Gasteiger partial charge is 0.339 e. The Labute approximate surface area is 158 Å². The number of carboxylic acid groups (broad SMARTS) is 2. The highest BCUT2D eigenvalue weighted by Crippen LogP contribution is 2.40. The SMILES string of the molecule is CC(=O)O.Cc1cc(C(C)(C)C(C)c2ccc(O)c(C(=O)O)c2)ccc1O. The van der Waals surface area contributed by atoms with Gasteiger partial charge in [0.25, 0.3) is 5.97 Å². The van der Waals surface area contributed by atoms with Gasteiger partial charge in [0.2, 0.25) is 0 Å². The summed E-state index contributed by atoms with van der Waals surface area (Å²) in [6.45, 7) is 9.12. The number of phenolic OH excluding ortho intramolecular Hbond substituents is 1. The van der Waals surface area contributed by atoms with Gasteiger partial charge in [-0.25, -0.2) is 4.79 Å². The molecule has 0 saturated heterocycles. The molecule has 2 aromatic carbocycles. The molecule has 0 radical (unpaired) electrons. The maximum atomic E-state index is 11.2. The largest absolute Gasteiger partial charge is 0.508 e. The molecule has 0 aliphatic rings. The molecule has 0 aliphatic heterocycles. The minimum absolute atomic E-state index is 0.0187. The van der Waals surface area contributed by atoms with E-state index in [-0.39, 0.29) is 28.4 Å². The van der Waals surface area contributed by atoms with Crippen molar-refractivity contribution in [3.8, 4) is 11.5 Å². The normalized spacial score (nSPS) is 11.9. The Morgan fingerprint density at radius 2 is 1.48 bits per heavy atom. The molecule has 0 spiro atoms. The summed E-state index contributed by atoms with van der Waals surface area (Å²) >= 11 is 0. The minimum atomic E-state index is -1.14. The molecule has 0 heterocycles. The van der Waals surface area contributed by atoms with Gasteiger partial charge in [0.05, 0.1) is 0 Å². The van der Waals surface area contributed by atoms with Crippen LogP contribution < -0.4 is 0 Å². The number of aryl methyl sites for hydroxylation is 1. The maximum absolute atomic E-state index is 11.2. The van der Waals surface area contributed by atoms with Gasteiger partial charge in [0.15, 0.2) is 0 Å². The lowest BCUT2D eigenvalue weighted by Crippen LogP contribution is -2.25. The number of carbonyl (C=O) groups is 2. The molecule has 1 atom stereocenters. The number of carboxylic acids is 2. The Morgan fingerprint density at radius 1 is 0.963 bits per heavy atom. The first kappa shape index (κ1) is 22.0. The number of rotatable bonds is 4. The van der Waals surface area contributed by atoms with Crippen molar-refractivity contribution in [1.29, 1.82) is 0 Å². The summed E-state index contributed by atoms with van der Waals surface area (Å²) < 4.78 is 0. The highest BCUT2D eigenvalue weighted by atomic mass is 16.4. The Balaban J connectivity index is 0.000000828. The van der Waals surface area contributed by atoms with E-state index in [1.165, 1.54) is 12.1 Å². The zero-order chi connectivity index (χ0) is 20.9. The Morgan fingerprint density at radius 3 is 1.96 bits per heavy atom. The van der Waals surface area contributed by atoms with Crippen LogP contribution in [-0.2, 0) is 10.2 Å². The highest BCUT2D eigenvalue weighted by Gasteiger charge is 2.30. The third kappa shape index (κ3) is 5.48. The zero-order valence-electron chi connectivity index (χ0n) is 16.1.